The summed E-state index contributed by atoms with van der Waals surface area (Å²) in [6.07, 6.45) is 0.855. The van der Waals surface area contributed by atoms with Crippen molar-refractivity contribution in [1.29, 1.82) is 0 Å². The Bertz CT molecular complexity index is 440. The second kappa shape index (κ2) is 4.61. The second-order valence-electron chi connectivity index (χ2n) is 2.78. The van der Waals surface area contributed by atoms with Gasteiger partial charge < -0.3 is 10.8 Å². The molecule has 1 aromatic carbocycles. The smallest absolute Gasteiger partial charge is 0.351 e. The van der Waals surface area contributed by atoms with Gasteiger partial charge in [-0.05, 0) is 12.1 Å². The van der Waals surface area contributed by atoms with Crippen molar-refractivity contribution < 1.29 is 14.7 Å². The lowest BCUT2D eigenvalue weighted by Gasteiger charge is -1.97. The van der Waals surface area contributed by atoms with Crippen LogP contribution in [0.1, 0.15) is 10.4 Å². The van der Waals surface area contributed by atoms with Gasteiger partial charge in [0.25, 0.3) is 0 Å². The van der Waals surface area contributed by atoms with E-state index in [9.17, 15) is 9.59 Å². The minimum Gasteiger partial charge on any atom is -0.477 e. The molecular weight excluding hydrogens is 218 g/mol. The number of rotatable bonds is 3. The van der Waals surface area contributed by atoms with Crippen molar-refractivity contribution in [3.63, 3.8) is 0 Å². The molecule has 0 aliphatic carbocycles. The van der Waals surface area contributed by atoms with Crippen molar-refractivity contribution in [2.45, 2.75) is 0 Å². The minimum absolute atomic E-state index is 0.298. The number of halogens is 1. The highest BCUT2D eigenvalue weighted by Crippen LogP contribution is 2.11. The van der Waals surface area contributed by atoms with Gasteiger partial charge in [0.05, 0.1) is 0 Å². The molecule has 3 N–H and O–H groups in total. The van der Waals surface area contributed by atoms with E-state index in [1.165, 1.54) is 12.1 Å². The van der Waals surface area contributed by atoms with E-state index in [0.717, 1.165) is 6.08 Å². The quantitative estimate of drug-likeness (QED) is 0.603. The van der Waals surface area contributed by atoms with Crippen LogP contribution in [0, 0.1) is 0 Å². The third-order valence-electron chi connectivity index (χ3n) is 1.64. The third kappa shape index (κ3) is 3.11. The van der Waals surface area contributed by atoms with Gasteiger partial charge in [-0.25, -0.2) is 4.79 Å². The van der Waals surface area contributed by atoms with Crippen LogP contribution in [0.3, 0.4) is 0 Å². The van der Waals surface area contributed by atoms with Crippen LogP contribution >= 0.6 is 11.6 Å². The van der Waals surface area contributed by atoms with E-state index < -0.39 is 17.4 Å². The summed E-state index contributed by atoms with van der Waals surface area (Å²) < 4.78 is 0. The average molecular weight is 226 g/mol. The van der Waals surface area contributed by atoms with Crippen molar-refractivity contribution >= 4 is 23.4 Å². The maximum Gasteiger partial charge on any atom is 0.351 e. The highest BCUT2D eigenvalue weighted by Gasteiger charge is 2.07. The van der Waals surface area contributed by atoms with Crippen LogP contribution in [0.15, 0.2) is 36.0 Å². The number of hydrogen-bond donors (Lipinski definition) is 2. The highest BCUT2D eigenvalue weighted by atomic mass is 35.5. The Morgan fingerprint density at radius 2 is 2.07 bits per heavy atom. The summed E-state index contributed by atoms with van der Waals surface area (Å²) in [6.45, 7) is 0. The van der Waals surface area contributed by atoms with E-state index in [1.54, 1.807) is 12.1 Å². The number of nitrogens with two attached hydrogens (primary N) is 1. The molecule has 0 bridgehead atoms. The maximum atomic E-state index is 11.4. The lowest BCUT2D eigenvalue weighted by Crippen LogP contribution is -2.12. The molecular formula is C10H8ClNO3. The first-order valence-electron chi connectivity index (χ1n) is 4.01. The van der Waals surface area contributed by atoms with Gasteiger partial charge in [0, 0.05) is 16.7 Å². The van der Waals surface area contributed by atoms with Gasteiger partial charge in [0.1, 0.15) is 5.70 Å². The first-order valence-corrected chi connectivity index (χ1v) is 4.39. The zero-order chi connectivity index (χ0) is 11.4. The number of allylic oxidation sites excluding steroid dienone is 1. The molecule has 5 heteroatoms. The Balaban J connectivity index is 2.96. The lowest BCUT2D eigenvalue weighted by molar-refractivity contribution is -0.132. The largest absolute Gasteiger partial charge is 0.477 e. The molecule has 1 rings (SSSR count). The molecule has 0 fully saturated rings. The maximum absolute atomic E-state index is 11.4. The Kier molecular flexibility index (Phi) is 3.46. The summed E-state index contributed by atoms with van der Waals surface area (Å²) in [4.78, 5) is 21.8. The molecule has 0 saturated heterocycles. The molecule has 0 spiro atoms. The molecule has 78 valence electrons. The molecule has 1 aromatic rings. The van der Waals surface area contributed by atoms with E-state index in [2.05, 4.69) is 0 Å². The molecule has 0 heterocycles. The fourth-order valence-electron chi connectivity index (χ4n) is 0.928. The number of carboxylic acids is 1. The molecule has 0 aliphatic heterocycles. The number of aliphatic carboxylic acids is 1. The zero-order valence-corrected chi connectivity index (χ0v) is 8.36. The van der Waals surface area contributed by atoms with Gasteiger partial charge in [-0.3, -0.25) is 4.79 Å². The van der Waals surface area contributed by atoms with Crippen molar-refractivity contribution in [3.8, 4) is 0 Å². The third-order valence-corrected chi connectivity index (χ3v) is 1.88. The van der Waals surface area contributed by atoms with Gasteiger partial charge in [0.2, 0.25) is 0 Å². The van der Waals surface area contributed by atoms with Crippen LogP contribution in [-0.2, 0) is 4.79 Å². The molecule has 4 nitrogen and oxygen atoms in total. The van der Waals surface area contributed by atoms with E-state index in [0.29, 0.717) is 10.6 Å². The molecule has 0 saturated carbocycles. The van der Waals surface area contributed by atoms with Gasteiger partial charge in [-0.2, -0.15) is 0 Å². The molecule has 0 aliphatic rings. The summed E-state index contributed by atoms with van der Waals surface area (Å²) in [6, 6.07) is 6.18. The Morgan fingerprint density at radius 3 is 2.60 bits per heavy atom. The predicted octanol–water partition coefficient (Wildman–Crippen LogP) is 1.45. The van der Waals surface area contributed by atoms with Crippen LogP contribution in [0.25, 0.3) is 0 Å². The number of carbonyl (C=O) groups excluding carboxylic acids is 1. The monoisotopic (exact) mass is 225 g/mol. The van der Waals surface area contributed by atoms with E-state index in [-0.39, 0.29) is 0 Å². The fraction of sp³-hybridized carbons (Fsp3) is 0. The summed E-state index contributed by atoms with van der Waals surface area (Å²) in [5, 5.41) is 8.87. The Labute approximate surface area is 91.0 Å². The Hall–Kier alpha value is -1.81. The molecule has 0 atom stereocenters. The fourth-order valence-corrected chi connectivity index (χ4v) is 1.12. The van der Waals surface area contributed by atoms with Crippen molar-refractivity contribution in [2.24, 2.45) is 5.73 Å². The topological polar surface area (TPSA) is 80.4 Å². The summed E-state index contributed by atoms with van der Waals surface area (Å²) in [5.41, 5.74) is 4.90. The zero-order valence-electron chi connectivity index (χ0n) is 7.61. The Morgan fingerprint density at radius 1 is 1.40 bits per heavy atom. The number of carbonyl (C=O) groups is 2. The average Bonchev–Trinajstić information content (AvgIpc) is 2.17. The summed E-state index contributed by atoms with van der Waals surface area (Å²) in [5.74, 6) is -1.82. The first-order chi connectivity index (χ1) is 7.00. The van der Waals surface area contributed by atoms with E-state index in [1.807, 2.05) is 0 Å². The number of carboxylic acid groups (broad SMARTS) is 1. The van der Waals surface area contributed by atoms with Gasteiger partial charge in [-0.1, -0.05) is 23.7 Å². The van der Waals surface area contributed by atoms with Gasteiger partial charge in [0.15, 0.2) is 5.78 Å². The van der Waals surface area contributed by atoms with Crippen LogP contribution in [-0.4, -0.2) is 16.9 Å². The highest BCUT2D eigenvalue weighted by molar-refractivity contribution is 6.31. The normalized spacial score (nSPS) is 11.1. The van der Waals surface area contributed by atoms with Gasteiger partial charge in [-0.15, -0.1) is 0 Å². The SMILES string of the molecule is N/C(=C\C(=O)c1cccc(Cl)c1)C(=O)O. The van der Waals surface area contributed by atoms with Gasteiger partial charge >= 0.3 is 5.97 Å². The molecule has 15 heavy (non-hydrogen) atoms. The minimum atomic E-state index is -1.33. The number of hydrogen-bond acceptors (Lipinski definition) is 3. The number of ketones is 1. The molecule has 0 radical (unpaired) electrons. The summed E-state index contributed by atoms with van der Waals surface area (Å²) in [7, 11) is 0. The van der Waals surface area contributed by atoms with Crippen LogP contribution in [0.5, 0.6) is 0 Å². The van der Waals surface area contributed by atoms with E-state index >= 15 is 0 Å². The second-order valence-corrected chi connectivity index (χ2v) is 3.22. The van der Waals surface area contributed by atoms with E-state index in [4.69, 9.17) is 22.4 Å². The molecule has 0 aromatic heterocycles. The molecule has 0 amide bonds. The van der Waals surface area contributed by atoms with Crippen LogP contribution in [0.4, 0.5) is 0 Å². The van der Waals surface area contributed by atoms with Crippen molar-refractivity contribution in [2.75, 3.05) is 0 Å². The first kappa shape index (κ1) is 11.3. The van der Waals surface area contributed by atoms with Crippen LogP contribution in [0.2, 0.25) is 5.02 Å². The predicted molar refractivity (Wildman–Crippen MR) is 55.7 cm³/mol. The number of benzene rings is 1. The summed E-state index contributed by atoms with van der Waals surface area (Å²) >= 11 is 5.67. The van der Waals surface area contributed by atoms with Crippen LogP contribution < -0.4 is 5.73 Å². The molecule has 0 unspecified atom stereocenters. The lowest BCUT2D eigenvalue weighted by atomic mass is 10.1. The van der Waals surface area contributed by atoms with Crippen molar-refractivity contribution in [1.82, 2.24) is 0 Å². The van der Waals surface area contributed by atoms with Crippen molar-refractivity contribution in [3.05, 3.63) is 46.6 Å². The standard InChI is InChI=1S/C10H8ClNO3/c11-7-3-1-2-6(4-7)9(13)5-8(12)10(14)15/h1-5H,12H2,(H,14,15)/b8-5-.